The summed E-state index contributed by atoms with van der Waals surface area (Å²) < 4.78 is 42.7. The average Bonchev–Trinajstić information content (AvgIpc) is 2.72. The number of methoxy groups -OCH3 is 1. The second kappa shape index (κ2) is 8.60. The Morgan fingerprint density at radius 2 is 1.61 bits per heavy atom. The molecule has 0 saturated carbocycles. The molecule has 1 heterocycles. The van der Waals surface area contributed by atoms with Crippen LogP contribution in [0.15, 0.2) is 53.4 Å². The molecular formula is C20H23FN2O4S. The number of carbonyl (C=O) groups is 1. The van der Waals surface area contributed by atoms with Gasteiger partial charge in [-0.25, -0.2) is 12.8 Å². The van der Waals surface area contributed by atoms with Crippen molar-refractivity contribution < 1.29 is 22.3 Å². The predicted octanol–water partition coefficient (Wildman–Crippen LogP) is 2.35. The van der Waals surface area contributed by atoms with Gasteiger partial charge in [0.15, 0.2) is 9.84 Å². The fourth-order valence-corrected chi connectivity index (χ4v) is 4.38. The van der Waals surface area contributed by atoms with E-state index < -0.39 is 15.7 Å². The molecule has 1 aliphatic rings. The molecule has 6 nitrogen and oxygen atoms in total. The molecule has 28 heavy (non-hydrogen) atoms. The molecule has 8 heteroatoms. The van der Waals surface area contributed by atoms with Gasteiger partial charge in [0.25, 0.3) is 0 Å². The fourth-order valence-electron chi connectivity index (χ4n) is 3.15. The standard InChI is InChI=1S/C20H23FN2O4S/c1-27-18-6-4-17(5-7-18)22-11-13-23(14-12-22)20(24)10-15-28(25,26)19-8-2-16(21)3-9-19/h2-9H,10-15H2,1H3. The molecule has 0 bridgehead atoms. The molecule has 1 fully saturated rings. The first-order valence-corrected chi connectivity index (χ1v) is 10.7. The lowest BCUT2D eigenvalue weighted by atomic mass is 10.2. The Bertz CT molecular complexity index is 906. The Labute approximate surface area is 164 Å². The maximum absolute atomic E-state index is 13.0. The largest absolute Gasteiger partial charge is 0.497 e. The summed E-state index contributed by atoms with van der Waals surface area (Å²) in [6.45, 7) is 2.45. The van der Waals surface area contributed by atoms with Gasteiger partial charge < -0.3 is 14.5 Å². The second-order valence-corrected chi connectivity index (χ2v) is 8.70. The van der Waals surface area contributed by atoms with Gasteiger partial charge in [0.1, 0.15) is 11.6 Å². The molecule has 0 radical (unpaired) electrons. The van der Waals surface area contributed by atoms with E-state index in [-0.39, 0.29) is 23.0 Å². The summed E-state index contributed by atoms with van der Waals surface area (Å²) in [6.07, 6.45) is -0.0811. The van der Waals surface area contributed by atoms with Gasteiger partial charge in [-0.2, -0.15) is 0 Å². The number of piperazine rings is 1. The van der Waals surface area contributed by atoms with Gasteiger partial charge in [-0.3, -0.25) is 4.79 Å². The molecule has 2 aromatic rings. The maximum atomic E-state index is 13.0. The minimum atomic E-state index is -3.61. The van der Waals surface area contributed by atoms with Crippen LogP contribution in [0.2, 0.25) is 0 Å². The van der Waals surface area contributed by atoms with Crippen molar-refractivity contribution in [2.24, 2.45) is 0 Å². The summed E-state index contributed by atoms with van der Waals surface area (Å²) in [5, 5.41) is 0. The Kier molecular flexibility index (Phi) is 6.18. The van der Waals surface area contributed by atoms with Crippen LogP contribution in [0.1, 0.15) is 6.42 Å². The van der Waals surface area contributed by atoms with E-state index in [9.17, 15) is 17.6 Å². The van der Waals surface area contributed by atoms with E-state index in [0.29, 0.717) is 26.2 Å². The molecule has 1 saturated heterocycles. The molecule has 1 aliphatic heterocycles. The molecule has 150 valence electrons. The monoisotopic (exact) mass is 406 g/mol. The van der Waals surface area contributed by atoms with Gasteiger partial charge in [0, 0.05) is 38.3 Å². The Morgan fingerprint density at radius 3 is 2.18 bits per heavy atom. The molecule has 0 spiro atoms. The van der Waals surface area contributed by atoms with Crippen molar-refractivity contribution in [1.82, 2.24) is 4.90 Å². The number of anilines is 1. The highest BCUT2D eigenvalue weighted by Crippen LogP contribution is 2.21. The third-order valence-electron chi connectivity index (χ3n) is 4.83. The predicted molar refractivity (Wildman–Crippen MR) is 105 cm³/mol. The van der Waals surface area contributed by atoms with E-state index in [4.69, 9.17) is 4.74 Å². The van der Waals surface area contributed by atoms with Crippen molar-refractivity contribution >= 4 is 21.4 Å². The van der Waals surface area contributed by atoms with Crippen molar-refractivity contribution in [3.05, 3.63) is 54.3 Å². The molecule has 0 aliphatic carbocycles. The zero-order valence-corrected chi connectivity index (χ0v) is 16.5. The highest BCUT2D eigenvalue weighted by atomic mass is 32.2. The van der Waals surface area contributed by atoms with Crippen LogP contribution in [0.4, 0.5) is 10.1 Å². The quantitative estimate of drug-likeness (QED) is 0.689. The van der Waals surface area contributed by atoms with Gasteiger partial charge in [0.05, 0.1) is 17.8 Å². The van der Waals surface area contributed by atoms with Gasteiger partial charge >= 0.3 is 0 Å². The lowest BCUT2D eigenvalue weighted by molar-refractivity contribution is -0.131. The number of hydrogen-bond donors (Lipinski definition) is 0. The minimum Gasteiger partial charge on any atom is -0.497 e. The number of rotatable bonds is 6. The van der Waals surface area contributed by atoms with Gasteiger partial charge in [-0.15, -0.1) is 0 Å². The zero-order chi connectivity index (χ0) is 20.1. The lowest BCUT2D eigenvalue weighted by Crippen LogP contribution is -2.49. The number of sulfone groups is 1. The third kappa shape index (κ3) is 4.81. The fraction of sp³-hybridized carbons (Fsp3) is 0.350. The van der Waals surface area contributed by atoms with Crippen LogP contribution in [0, 0.1) is 5.82 Å². The van der Waals surface area contributed by atoms with Crippen LogP contribution >= 0.6 is 0 Å². The molecule has 0 N–H and O–H groups in total. The topological polar surface area (TPSA) is 66.9 Å². The first kappa shape index (κ1) is 20.1. The normalized spacial score (nSPS) is 14.8. The molecule has 0 aromatic heterocycles. The number of ether oxygens (including phenoxy) is 1. The summed E-state index contributed by atoms with van der Waals surface area (Å²) >= 11 is 0. The Morgan fingerprint density at radius 1 is 1.00 bits per heavy atom. The van der Waals surface area contributed by atoms with Crippen LogP contribution in [0.3, 0.4) is 0 Å². The SMILES string of the molecule is COc1ccc(N2CCN(C(=O)CCS(=O)(=O)c3ccc(F)cc3)CC2)cc1. The van der Waals surface area contributed by atoms with Crippen molar-refractivity contribution in [2.45, 2.75) is 11.3 Å². The van der Waals surface area contributed by atoms with Crippen molar-refractivity contribution in [1.29, 1.82) is 0 Å². The van der Waals surface area contributed by atoms with E-state index in [0.717, 1.165) is 23.6 Å². The average molecular weight is 406 g/mol. The van der Waals surface area contributed by atoms with E-state index >= 15 is 0 Å². The minimum absolute atomic E-state index is 0.0334. The number of carbonyl (C=O) groups excluding carboxylic acids is 1. The third-order valence-corrected chi connectivity index (χ3v) is 6.56. The van der Waals surface area contributed by atoms with Crippen molar-refractivity contribution in [2.75, 3.05) is 43.9 Å². The van der Waals surface area contributed by atoms with E-state index in [2.05, 4.69) is 4.90 Å². The summed E-state index contributed by atoms with van der Waals surface area (Å²) in [4.78, 5) is 16.3. The molecular weight excluding hydrogens is 383 g/mol. The first-order chi connectivity index (χ1) is 13.4. The number of hydrogen-bond acceptors (Lipinski definition) is 5. The Hall–Kier alpha value is -2.61. The summed E-state index contributed by atoms with van der Waals surface area (Å²) in [6, 6.07) is 12.4. The molecule has 2 aromatic carbocycles. The summed E-state index contributed by atoms with van der Waals surface area (Å²) in [5.41, 5.74) is 1.06. The van der Waals surface area contributed by atoms with Gasteiger partial charge in [0.2, 0.25) is 5.91 Å². The van der Waals surface area contributed by atoms with Crippen LogP contribution < -0.4 is 9.64 Å². The summed E-state index contributed by atoms with van der Waals surface area (Å²) in [5.74, 6) is -0.166. The smallest absolute Gasteiger partial charge is 0.223 e. The van der Waals surface area contributed by atoms with Crippen molar-refractivity contribution in [3.8, 4) is 5.75 Å². The van der Waals surface area contributed by atoms with Crippen LogP contribution in [-0.4, -0.2) is 58.3 Å². The van der Waals surface area contributed by atoms with Crippen LogP contribution in [0.5, 0.6) is 5.75 Å². The van der Waals surface area contributed by atoms with Gasteiger partial charge in [-0.1, -0.05) is 0 Å². The summed E-state index contributed by atoms with van der Waals surface area (Å²) in [7, 11) is -1.99. The number of nitrogens with zero attached hydrogens (tertiary/aromatic N) is 2. The van der Waals surface area contributed by atoms with Gasteiger partial charge in [-0.05, 0) is 48.5 Å². The second-order valence-electron chi connectivity index (χ2n) is 6.59. The number of amides is 1. The molecule has 1 amide bonds. The lowest BCUT2D eigenvalue weighted by Gasteiger charge is -2.36. The number of benzene rings is 2. The Balaban J connectivity index is 1.51. The first-order valence-electron chi connectivity index (χ1n) is 9.04. The molecule has 3 rings (SSSR count). The highest BCUT2D eigenvalue weighted by Gasteiger charge is 2.23. The highest BCUT2D eigenvalue weighted by molar-refractivity contribution is 7.91. The van der Waals surface area contributed by atoms with Crippen LogP contribution in [-0.2, 0) is 14.6 Å². The zero-order valence-electron chi connectivity index (χ0n) is 15.7. The van der Waals surface area contributed by atoms with Crippen LogP contribution in [0.25, 0.3) is 0 Å². The van der Waals surface area contributed by atoms with E-state index in [1.54, 1.807) is 12.0 Å². The van der Waals surface area contributed by atoms with E-state index in [1.807, 2.05) is 24.3 Å². The maximum Gasteiger partial charge on any atom is 0.223 e. The molecule has 0 atom stereocenters. The molecule has 0 unspecified atom stereocenters. The number of halogens is 1. The van der Waals surface area contributed by atoms with E-state index in [1.165, 1.54) is 12.1 Å². The van der Waals surface area contributed by atoms with Crippen molar-refractivity contribution in [3.63, 3.8) is 0 Å².